The molecule has 0 aliphatic carbocycles. The van der Waals surface area contributed by atoms with Crippen LogP contribution in [0.2, 0.25) is 10.0 Å². The zero-order valence-corrected chi connectivity index (χ0v) is 11.2. The summed E-state index contributed by atoms with van der Waals surface area (Å²) < 4.78 is 13.3. The van der Waals surface area contributed by atoms with Gasteiger partial charge in [-0.05, 0) is 18.6 Å². The zero-order valence-electron chi connectivity index (χ0n) is 9.71. The van der Waals surface area contributed by atoms with Gasteiger partial charge in [0.05, 0.1) is 34.3 Å². The number of aliphatic hydroxyl groups is 1. The molecule has 1 aliphatic heterocycles. The Bertz CT molecular complexity index is 501. The third-order valence-electron chi connectivity index (χ3n) is 3.16. The van der Waals surface area contributed by atoms with Crippen LogP contribution in [-0.4, -0.2) is 34.6 Å². The van der Waals surface area contributed by atoms with E-state index in [9.17, 15) is 14.3 Å². The Balaban J connectivity index is 2.19. The van der Waals surface area contributed by atoms with Gasteiger partial charge in [0.2, 0.25) is 0 Å². The second kappa shape index (κ2) is 4.68. The Hall–Kier alpha value is -0.840. The van der Waals surface area contributed by atoms with Crippen LogP contribution in [0.25, 0.3) is 0 Å². The van der Waals surface area contributed by atoms with E-state index in [0.717, 1.165) is 6.07 Å². The Morgan fingerprint density at radius 2 is 2.06 bits per heavy atom. The third-order valence-corrected chi connectivity index (χ3v) is 3.76. The van der Waals surface area contributed by atoms with Gasteiger partial charge in [0.1, 0.15) is 5.82 Å². The van der Waals surface area contributed by atoms with Crippen molar-refractivity contribution in [3.63, 3.8) is 0 Å². The molecule has 0 unspecified atom stereocenters. The Morgan fingerprint density at radius 3 is 2.61 bits per heavy atom. The summed E-state index contributed by atoms with van der Waals surface area (Å²) in [4.78, 5) is 13.5. The van der Waals surface area contributed by atoms with E-state index >= 15 is 0 Å². The molecule has 1 heterocycles. The fourth-order valence-electron chi connectivity index (χ4n) is 1.89. The highest BCUT2D eigenvalue weighted by Crippen LogP contribution is 2.30. The number of hydrogen-bond donors (Lipinski definition) is 1. The maximum absolute atomic E-state index is 13.3. The molecule has 18 heavy (non-hydrogen) atoms. The SMILES string of the molecule is CCC1(O)CN(C(=O)c2cc(F)c(Cl)cc2Cl)C1. The zero-order chi connectivity index (χ0) is 13.5. The van der Waals surface area contributed by atoms with E-state index in [2.05, 4.69) is 0 Å². The number of benzene rings is 1. The number of hydrogen-bond acceptors (Lipinski definition) is 2. The van der Waals surface area contributed by atoms with Gasteiger partial charge in [-0.3, -0.25) is 4.79 Å². The lowest BCUT2D eigenvalue weighted by Crippen LogP contribution is -2.63. The summed E-state index contributed by atoms with van der Waals surface area (Å²) in [5.74, 6) is -1.08. The summed E-state index contributed by atoms with van der Waals surface area (Å²) in [6, 6.07) is 2.23. The molecule has 98 valence electrons. The van der Waals surface area contributed by atoms with Crippen LogP contribution in [0.4, 0.5) is 4.39 Å². The topological polar surface area (TPSA) is 40.5 Å². The molecule has 0 aromatic heterocycles. The van der Waals surface area contributed by atoms with Crippen molar-refractivity contribution >= 4 is 29.1 Å². The summed E-state index contributed by atoms with van der Waals surface area (Å²) >= 11 is 11.4. The summed E-state index contributed by atoms with van der Waals surface area (Å²) in [5, 5.41) is 9.82. The predicted molar refractivity (Wildman–Crippen MR) is 67.6 cm³/mol. The Morgan fingerprint density at radius 1 is 1.44 bits per heavy atom. The van der Waals surface area contributed by atoms with Gasteiger partial charge < -0.3 is 10.0 Å². The lowest BCUT2D eigenvalue weighted by molar-refractivity contribution is -0.0826. The lowest BCUT2D eigenvalue weighted by Gasteiger charge is -2.46. The molecule has 0 radical (unpaired) electrons. The molecule has 1 aromatic rings. The molecule has 0 spiro atoms. The fourth-order valence-corrected chi connectivity index (χ4v) is 2.35. The maximum Gasteiger partial charge on any atom is 0.255 e. The second-order valence-electron chi connectivity index (χ2n) is 4.49. The van der Waals surface area contributed by atoms with Crippen molar-refractivity contribution in [1.82, 2.24) is 4.90 Å². The molecule has 6 heteroatoms. The van der Waals surface area contributed by atoms with E-state index in [-0.39, 0.29) is 28.7 Å². The number of rotatable bonds is 2. The second-order valence-corrected chi connectivity index (χ2v) is 5.30. The van der Waals surface area contributed by atoms with E-state index < -0.39 is 17.3 Å². The van der Waals surface area contributed by atoms with Crippen molar-refractivity contribution < 1.29 is 14.3 Å². The minimum atomic E-state index is -0.826. The van der Waals surface area contributed by atoms with Crippen molar-refractivity contribution in [3.8, 4) is 0 Å². The molecule has 1 aliphatic rings. The highest BCUT2D eigenvalue weighted by atomic mass is 35.5. The molecular weight excluding hydrogens is 280 g/mol. The minimum absolute atomic E-state index is 0.0664. The Kier molecular flexibility index (Phi) is 3.54. The molecule has 0 atom stereocenters. The molecule has 1 aromatic carbocycles. The molecule has 1 amide bonds. The third kappa shape index (κ3) is 2.32. The van der Waals surface area contributed by atoms with E-state index in [4.69, 9.17) is 23.2 Å². The number of amides is 1. The van der Waals surface area contributed by atoms with Crippen LogP contribution >= 0.6 is 23.2 Å². The molecule has 3 nitrogen and oxygen atoms in total. The standard InChI is InChI=1S/C12H12Cl2FNO2/c1-2-12(18)5-16(6-12)11(17)7-3-10(15)9(14)4-8(7)13/h3-4,18H,2,5-6H2,1H3. The van der Waals surface area contributed by atoms with Crippen LogP contribution in [0, 0.1) is 5.82 Å². The van der Waals surface area contributed by atoms with Crippen LogP contribution in [-0.2, 0) is 0 Å². The van der Waals surface area contributed by atoms with Crippen LogP contribution < -0.4 is 0 Å². The maximum atomic E-state index is 13.3. The van der Waals surface area contributed by atoms with Gasteiger partial charge in [0, 0.05) is 0 Å². The average molecular weight is 292 g/mol. The number of likely N-dealkylation sites (tertiary alicyclic amines) is 1. The molecular formula is C12H12Cl2FNO2. The molecule has 1 fully saturated rings. The Labute approximate surface area is 114 Å². The molecule has 2 rings (SSSR count). The minimum Gasteiger partial charge on any atom is -0.386 e. The number of halogens is 3. The van der Waals surface area contributed by atoms with Crippen LogP contribution in [0.15, 0.2) is 12.1 Å². The van der Waals surface area contributed by atoms with E-state index in [1.165, 1.54) is 11.0 Å². The van der Waals surface area contributed by atoms with Gasteiger partial charge in [-0.2, -0.15) is 0 Å². The van der Waals surface area contributed by atoms with Crippen molar-refractivity contribution in [1.29, 1.82) is 0 Å². The number of β-amino-alcohol motifs (C(OH)–C–C–N with tert-alkyl or cyclic N) is 1. The largest absolute Gasteiger partial charge is 0.386 e. The normalized spacial score (nSPS) is 17.5. The first-order valence-electron chi connectivity index (χ1n) is 5.52. The summed E-state index contributed by atoms with van der Waals surface area (Å²) in [5.41, 5.74) is -0.760. The van der Waals surface area contributed by atoms with Gasteiger partial charge in [-0.25, -0.2) is 4.39 Å². The smallest absolute Gasteiger partial charge is 0.255 e. The van der Waals surface area contributed by atoms with Gasteiger partial charge in [-0.1, -0.05) is 30.1 Å². The molecule has 0 saturated carbocycles. The van der Waals surface area contributed by atoms with Crippen molar-refractivity contribution in [3.05, 3.63) is 33.6 Å². The van der Waals surface area contributed by atoms with Gasteiger partial charge in [0.25, 0.3) is 5.91 Å². The first-order valence-corrected chi connectivity index (χ1v) is 6.28. The van der Waals surface area contributed by atoms with E-state index in [1.54, 1.807) is 0 Å². The summed E-state index contributed by atoms with van der Waals surface area (Å²) in [6.45, 7) is 2.32. The van der Waals surface area contributed by atoms with E-state index in [1.807, 2.05) is 6.92 Å². The first kappa shape index (κ1) is 13.6. The van der Waals surface area contributed by atoms with Crippen LogP contribution in [0.1, 0.15) is 23.7 Å². The first-order chi connectivity index (χ1) is 8.36. The predicted octanol–water partition coefficient (Wildman–Crippen LogP) is 2.73. The van der Waals surface area contributed by atoms with Crippen LogP contribution in [0.5, 0.6) is 0 Å². The molecule has 0 bridgehead atoms. The van der Waals surface area contributed by atoms with Gasteiger partial charge in [-0.15, -0.1) is 0 Å². The van der Waals surface area contributed by atoms with Crippen LogP contribution in [0.3, 0.4) is 0 Å². The monoisotopic (exact) mass is 291 g/mol. The van der Waals surface area contributed by atoms with Gasteiger partial charge >= 0.3 is 0 Å². The summed E-state index contributed by atoms with van der Waals surface area (Å²) in [6.07, 6.45) is 0.569. The number of carbonyl (C=O) groups is 1. The van der Waals surface area contributed by atoms with E-state index in [0.29, 0.717) is 6.42 Å². The average Bonchev–Trinajstić information content (AvgIpc) is 2.29. The number of carbonyl (C=O) groups excluding carboxylic acids is 1. The van der Waals surface area contributed by atoms with Crippen molar-refractivity contribution in [2.45, 2.75) is 18.9 Å². The molecule has 1 saturated heterocycles. The highest BCUT2D eigenvalue weighted by Gasteiger charge is 2.42. The quantitative estimate of drug-likeness (QED) is 0.851. The number of nitrogens with zero attached hydrogens (tertiary/aromatic N) is 1. The highest BCUT2D eigenvalue weighted by molar-refractivity contribution is 6.36. The molecule has 1 N–H and O–H groups in total. The van der Waals surface area contributed by atoms with Crippen molar-refractivity contribution in [2.75, 3.05) is 13.1 Å². The fraction of sp³-hybridized carbons (Fsp3) is 0.417. The van der Waals surface area contributed by atoms with Crippen molar-refractivity contribution in [2.24, 2.45) is 0 Å². The van der Waals surface area contributed by atoms with Gasteiger partial charge in [0.15, 0.2) is 0 Å². The lowest BCUT2D eigenvalue weighted by atomic mass is 9.90. The summed E-state index contributed by atoms with van der Waals surface area (Å²) in [7, 11) is 0.